The van der Waals surface area contributed by atoms with E-state index >= 15 is 0 Å². The van der Waals surface area contributed by atoms with E-state index in [0.717, 1.165) is 22.5 Å². The van der Waals surface area contributed by atoms with Gasteiger partial charge in [0.25, 0.3) is 5.91 Å². The minimum atomic E-state index is -0.704. The van der Waals surface area contributed by atoms with Crippen LogP contribution in [0.1, 0.15) is 27.9 Å². The standard InChI is InChI=1S/C25H26FN3O3S/c1-32-25(31)23(10-13-33-2)28-24(30)20-5-3-4-18(14-20)15-21(16-29-12-11-27-17-29)19-6-8-22(26)9-7-19/h3-9,11-12,14-15,17,23H,10,13,16H2,1-2H3,(H,28,30)/b21-15-/t23-/m0/s1. The zero-order valence-electron chi connectivity index (χ0n) is 18.5. The first-order valence-electron chi connectivity index (χ1n) is 10.4. The Morgan fingerprint density at radius 1 is 1.21 bits per heavy atom. The second-order valence-electron chi connectivity index (χ2n) is 7.37. The van der Waals surface area contributed by atoms with E-state index < -0.39 is 12.0 Å². The number of aromatic nitrogens is 2. The van der Waals surface area contributed by atoms with Gasteiger partial charge in [-0.05, 0) is 65.5 Å². The second kappa shape index (κ2) is 12.0. The summed E-state index contributed by atoms with van der Waals surface area (Å²) in [6, 6.07) is 12.7. The number of carbonyl (C=O) groups excluding carboxylic acids is 2. The van der Waals surface area contributed by atoms with E-state index in [4.69, 9.17) is 4.74 Å². The summed E-state index contributed by atoms with van der Waals surface area (Å²) in [5.74, 6) is -0.397. The van der Waals surface area contributed by atoms with Crippen molar-refractivity contribution in [3.8, 4) is 0 Å². The number of rotatable bonds is 10. The molecule has 2 aromatic carbocycles. The van der Waals surface area contributed by atoms with E-state index in [9.17, 15) is 14.0 Å². The molecule has 0 bridgehead atoms. The summed E-state index contributed by atoms with van der Waals surface area (Å²) in [4.78, 5) is 29.0. The Morgan fingerprint density at radius 2 is 2.00 bits per heavy atom. The lowest BCUT2D eigenvalue weighted by Gasteiger charge is -2.16. The van der Waals surface area contributed by atoms with Crippen molar-refractivity contribution in [3.05, 3.63) is 89.8 Å². The van der Waals surface area contributed by atoms with Crippen molar-refractivity contribution < 1.29 is 18.7 Å². The number of halogens is 1. The van der Waals surface area contributed by atoms with Gasteiger partial charge in [0.15, 0.2) is 0 Å². The normalized spacial score (nSPS) is 12.3. The highest BCUT2D eigenvalue weighted by atomic mass is 32.2. The highest BCUT2D eigenvalue weighted by Crippen LogP contribution is 2.22. The maximum atomic E-state index is 13.4. The number of hydrogen-bond donors (Lipinski definition) is 1. The number of methoxy groups -OCH3 is 1. The van der Waals surface area contributed by atoms with E-state index in [-0.39, 0.29) is 11.7 Å². The topological polar surface area (TPSA) is 73.2 Å². The van der Waals surface area contributed by atoms with E-state index in [1.165, 1.54) is 19.2 Å². The van der Waals surface area contributed by atoms with Crippen molar-refractivity contribution in [3.63, 3.8) is 0 Å². The molecule has 3 rings (SSSR count). The van der Waals surface area contributed by atoms with Crippen molar-refractivity contribution in [2.45, 2.75) is 19.0 Å². The lowest BCUT2D eigenvalue weighted by Crippen LogP contribution is -2.41. The van der Waals surface area contributed by atoms with Gasteiger partial charge in [-0.25, -0.2) is 14.2 Å². The van der Waals surface area contributed by atoms with Crippen LogP contribution in [-0.4, -0.2) is 46.6 Å². The summed E-state index contributed by atoms with van der Waals surface area (Å²) in [6.07, 6.45) is 9.64. The van der Waals surface area contributed by atoms with Gasteiger partial charge in [-0.3, -0.25) is 4.79 Å². The molecule has 33 heavy (non-hydrogen) atoms. The molecule has 1 N–H and O–H groups in total. The molecular weight excluding hydrogens is 441 g/mol. The molecule has 0 saturated heterocycles. The lowest BCUT2D eigenvalue weighted by molar-refractivity contribution is -0.142. The molecule has 0 fully saturated rings. The van der Waals surface area contributed by atoms with Crippen molar-refractivity contribution in [1.82, 2.24) is 14.9 Å². The molecule has 0 aliphatic heterocycles. The Hall–Kier alpha value is -3.39. The zero-order valence-corrected chi connectivity index (χ0v) is 19.3. The number of ether oxygens (including phenoxy) is 1. The van der Waals surface area contributed by atoms with E-state index in [1.54, 1.807) is 54.6 Å². The third kappa shape index (κ3) is 7.05. The molecule has 1 aromatic heterocycles. The molecular formula is C25H26FN3O3S. The van der Waals surface area contributed by atoms with Crippen LogP contribution in [0.4, 0.5) is 4.39 Å². The van der Waals surface area contributed by atoms with Crippen LogP contribution in [-0.2, 0) is 16.1 Å². The van der Waals surface area contributed by atoms with Gasteiger partial charge >= 0.3 is 5.97 Å². The summed E-state index contributed by atoms with van der Waals surface area (Å²) < 4.78 is 20.2. The molecule has 0 spiro atoms. The monoisotopic (exact) mass is 467 g/mol. The molecule has 1 atom stereocenters. The first-order valence-corrected chi connectivity index (χ1v) is 11.8. The number of nitrogens with one attached hydrogen (secondary N) is 1. The number of esters is 1. The molecule has 172 valence electrons. The van der Waals surface area contributed by atoms with Crippen LogP contribution < -0.4 is 5.32 Å². The Kier molecular flexibility index (Phi) is 8.83. The minimum absolute atomic E-state index is 0.305. The predicted octanol–water partition coefficient (Wildman–Crippen LogP) is 4.29. The van der Waals surface area contributed by atoms with Crippen LogP contribution in [0.3, 0.4) is 0 Å². The molecule has 0 radical (unpaired) electrons. The number of hydrogen-bond acceptors (Lipinski definition) is 5. The van der Waals surface area contributed by atoms with Gasteiger partial charge in [0, 0.05) is 24.5 Å². The first kappa shape index (κ1) is 24.3. The number of amides is 1. The molecule has 1 heterocycles. The predicted molar refractivity (Wildman–Crippen MR) is 129 cm³/mol. The van der Waals surface area contributed by atoms with Crippen LogP contribution >= 0.6 is 11.8 Å². The smallest absolute Gasteiger partial charge is 0.328 e. The molecule has 8 heteroatoms. The summed E-state index contributed by atoms with van der Waals surface area (Å²) >= 11 is 1.59. The fourth-order valence-electron chi connectivity index (χ4n) is 3.30. The minimum Gasteiger partial charge on any atom is -0.467 e. The molecule has 0 saturated carbocycles. The highest BCUT2D eigenvalue weighted by molar-refractivity contribution is 7.98. The molecule has 0 unspecified atom stereocenters. The third-order valence-electron chi connectivity index (χ3n) is 5.02. The largest absolute Gasteiger partial charge is 0.467 e. The van der Waals surface area contributed by atoms with E-state index in [1.807, 2.05) is 29.2 Å². The van der Waals surface area contributed by atoms with Gasteiger partial charge in [0.1, 0.15) is 11.9 Å². The molecule has 6 nitrogen and oxygen atoms in total. The number of carbonyl (C=O) groups is 2. The second-order valence-corrected chi connectivity index (χ2v) is 8.35. The molecule has 1 amide bonds. The van der Waals surface area contributed by atoms with Gasteiger partial charge in [-0.15, -0.1) is 0 Å². The van der Waals surface area contributed by atoms with Gasteiger partial charge < -0.3 is 14.6 Å². The summed E-state index contributed by atoms with van der Waals surface area (Å²) in [5.41, 5.74) is 3.03. The fourth-order valence-corrected chi connectivity index (χ4v) is 3.77. The number of nitrogens with zero attached hydrogens (tertiary/aromatic N) is 2. The average molecular weight is 468 g/mol. The fraction of sp³-hybridized carbons (Fsp3) is 0.240. The van der Waals surface area contributed by atoms with Crippen LogP contribution in [0.5, 0.6) is 0 Å². The number of allylic oxidation sites excluding steroid dienone is 1. The van der Waals surface area contributed by atoms with Gasteiger partial charge in [0.2, 0.25) is 0 Å². The zero-order chi connectivity index (χ0) is 23.6. The van der Waals surface area contributed by atoms with Gasteiger partial charge in [-0.2, -0.15) is 11.8 Å². The van der Waals surface area contributed by atoms with E-state index in [2.05, 4.69) is 10.3 Å². The Morgan fingerprint density at radius 3 is 2.67 bits per heavy atom. The van der Waals surface area contributed by atoms with Gasteiger partial charge in [0.05, 0.1) is 13.4 Å². The Balaban J connectivity index is 1.86. The van der Waals surface area contributed by atoms with Crippen LogP contribution in [0.25, 0.3) is 11.6 Å². The molecule has 3 aromatic rings. The Bertz CT molecular complexity index is 1100. The lowest BCUT2D eigenvalue weighted by atomic mass is 10.0. The quantitative estimate of drug-likeness (QED) is 0.356. The first-order chi connectivity index (χ1) is 16.0. The molecule has 0 aliphatic carbocycles. The Labute approximate surface area is 196 Å². The van der Waals surface area contributed by atoms with E-state index in [0.29, 0.717) is 18.5 Å². The average Bonchev–Trinajstić information content (AvgIpc) is 3.34. The summed E-state index contributed by atoms with van der Waals surface area (Å²) in [6.45, 7) is 0.529. The summed E-state index contributed by atoms with van der Waals surface area (Å²) in [7, 11) is 1.31. The van der Waals surface area contributed by atoms with Crippen LogP contribution in [0.2, 0.25) is 0 Å². The van der Waals surface area contributed by atoms with Crippen molar-refractivity contribution in [2.75, 3.05) is 19.1 Å². The number of imidazole rings is 1. The highest BCUT2D eigenvalue weighted by Gasteiger charge is 2.21. The number of thioether (sulfide) groups is 1. The van der Waals surface area contributed by atoms with Crippen molar-refractivity contribution >= 4 is 35.3 Å². The molecule has 0 aliphatic rings. The third-order valence-corrected chi connectivity index (χ3v) is 5.66. The van der Waals surface area contributed by atoms with Crippen molar-refractivity contribution in [2.24, 2.45) is 0 Å². The SMILES string of the molecule is COC(=O)[C@H](CCSC)NC(=O)c1cccc(/C=C(/Cn2ccnc2)c2ccc(F)cc2)c1. The van der Waals surface area contributed by atoms with Crippen LogP contribution in [0, 0.1) is 5.82 Å². The number of benzene rings is 2. The van der Waals surface area contributed by atoms with Crippen LogP contribution in [0.15, 0.2) is 67.3 Å². The summed E-state index contributed by atoms with van der Waals surface area (Å²) in [5, 5.41) is 2.77. The van der Waals surface area contributed by atoms with Gasteiger partial charge in [-0.1, -0.05) is 24.3 Å². The maximum Gasteiger partial charge on any atom is 0.328 e. The maximum absolute atomic E-state index is 13.4. The van der Waals surface area contributed by atoms with Crippen molar-refractivity contribution in [1.29, 1.82) is 0 Å².